The lowest BCUT2D eigenvalue weighted by Gasteiger charge is -2.26. The van der Waals surface area contributed by atoms with Crippen LogP contribution in [0.5, 0.6) is 0 Å². The molecule has 0 bridgehead atoms. The summed E-state index contributed by atoms with van der Waals surface area (Å²) in [5.74, 6) is 0.868. The molecule has 1 fully saturated rings. The number of halogens is 3. The number of aliphatic imine (C=N–C) groups is 1. The molecule has 6 nitrogen and oxygen atoms in total. The molecular weight excluding hydrogens is 381 g/mol. The summed E-state index contributed by atoms with van der Waals surface area (Å²) < 4.78 is 61.2. The van der Waals surface area contributed by atoms with Crippen LogP contribution in [-0.4, -0.2) is 63.5 Å². The van der Waals surface area contributed by atoms with E-state index >= 15 is 0 Å². The van der Waals surface area contributed by atoms with Crippen molar-refractivity contribution in [3.05, 3.63) is 35.4 Å². The van der Waals surface area contributed by atoms with Crippen molar-refractivity contribution >= 4 is 15.8 Å². The van der Waals surface area contributed by atoms with Crippen molar-refractivity contribution in [1.82, 2.24) is 15.5 Å². The number of rotatable bonds is 6. The van der Waals surface area contributed by atoms with Crippen molar-refractivity contribution in [1.29, 1.82) is 0 Å². The summed E-state index contributed by atoms with van der Waals surface area (Å²) in [6, 6.07) is 5.12. The minimum atomic E-state index is -4.37. The van der Waals surface area contributed by atoms with E-state index in [4.69, 9.17) is 0 Å². The smallest absolute Gasteiger partial charge is 0.357 e. The van der Waals surface area contributed by atoms with Crippen molar-refractivity contribution in [3.8, 4) is 0 Å². The Kier molecular flexibility index (Phi) is 7.49. The zero-order chi connectivity index (χ0) is 19.9. The standard InChI is InChI=1S/C17H25F3N4O2S/c1-2-21-16(22-6-7-24-8-10-27(25,26)11-9-24)23-13-14-4-3-5-15(12-14)17(18,19)20/h3-5,12H,2,6-11,13H2,1H3,(H2,21,22,23). The molecule has 1 aromatic rings. The third-order valence-electron chi connectivity index (χ3n) is 4.18. The van der Waals surface area contributed by atoms with E-state index in [0.29, 0.717) is 44.2 Å². The Hall–Kier alpha value is -1.81. The van der Waals surface area contributed by atoms with Crippen LogP contribution in [0.1, 0.15) is 18.1 Å². The van der Waals surface area contributed by atoms with Crippen LogP contribution in [0.15, 0.2) is 29.3 Å². The van der Waals surface area contributed by atoms with Gasteiger partial charge in [0.05, 0.1) is 23.6 Å². The number of guanidine groups is 1. The van der Waals surface area contributed by atoms with E-state index in [1.54, 1.807) is 6.07 Å². The Morgan fingerprint density at radius 1 is 1.22 bits per heavy atom. The van der Waals surface area contributed by atoms with Crippen molar-refractivity contribution < 1.29 is 21.6 Å². The molecular formula is C17H25F3N4O2S. The number of hydrogen-bond donors (Lipinski definition) is 2. The lowest BCUT2D eigenvalue weighted by atomic mass is 10.1. The number of hydrogen-bond acceptors (Lipinski definition) is 4. The van der Waals surface area contributed by atoms with Gasteiger partial charge in [0.25, 0.3) is 0 Å². The van der Waals surface area contributed by atoms with Gasteiger partial charge in [-0.25, -0.2) is 13.4 Å². The summed E-state index contributed by atoms with van der Waals surface area (Å²) in [4.78, 5) is 6.39. The predicted octanol–water partition coefficient (Wildman–Crippen LogP) is 1.49. The fourth-order valence-electron chi connectivity index (χ4n) is 2.66. The summed E-state index contributed by atoms with van der Waals surface area (Å²) in [7, 11) is -2.90. The fraction of sp³-hybridized carbons (Fsp3) is 0.588. The first-order valence-electron chi connectivity index (χ1n) is 8.81. The second-order valence-corrected chi connectivity index (χ2v) is 8.62. The first-order chi connectivity index (χ1) is 12.7. The molecule has 1 aromatic carbocycles. The Balaban J connectivity index is 1.87. The largest absolute Gasteiger partial charge is 0.416 e. The topological polar surface area (TPSA) is 73.8 Å². The van der Waals surface area contributed by atoms with Gasteiger partial charge in [0.1, 0.15) is 0 Å². The molecule has 0 atom stereocenters. The first-order valence-corrected chi connectivity index (χ1v) is 10.6. The van der Waals surface area contributed by atoms with Crippen LogP contribution in [0, 0.1) is 0 Å². The molecule has 27 heavy (non-hydrogen) atoms. The van der Waals surface area contributed by atoms with E-state index in [1.807, 2.05) is 6.92 Å². The molecule has 0 aliphatic carbocycles. The maximum Gasteiger partial charge on any atom is 0.416 e. The van der Waals surface area contributed by atoms with Crippen molar-refractivity contribution in [2.75, 3.05) is 44.2 Å². The quantitative estimate of drug-likeness (QED) is 0.553. The monoisotopic (exact) mass is 406 g/mol. The van der Waals surface area contributed by atoms with Crippen LogP contribution in [0.3, 0.4) is 0 Å². The second kappa shape index (κ2) is 9.41. The average molecular weight is 406 g/mol. The number of sulfone groups is 1. The Labute approximate surface area is 157 Å². The van der Waals surface area contributed by atoms with Gasteiger partial charge in [-0.3, -0.25) is 4.90 Å². The highest BCUT2D eigenvalue weighted by atomic mass is 32.2. The number of nitrogens with one attached hydrogen (secondary N) is 2. The molecule has 0 radical (unpaired) electrons. The predicted molar refractivity (Wildman–Crippen MR) is 99.4 cm³/mol. The van der Waals surface area contributed by atoms with E-state index in [0.717, 1.165) is 12.1 Å². The van der Waals surface area contributed by atoms with Crippen LogP contribution in [0.2, 0.25) is 0 Å². The van der Waals surface area contributed by atoms with Gasteiger partial charge in [0.15, 0.2) is 15.8 Å². The van der Waals surface area contributed by atoms with Gasteiger partial charge in [-0.1, -0.05) is 12.1 Å². The SMILES string of the molecule is CCNC(=NCc1cccc(C(F)(F)F)c1)NCCN1CCS(=O)(=O)CC1. The molecule has 2 rings (SSSR count). The van der Waals surface area contributed by atoms with Crippen LogP contribution >= 0.6 is 0 Å². The summed E-state index contributed by atoms with van der Waals surface area (Å²) in [6.45, 7) is 4.91. The van der Waals surface area contributed by atoms with Gasteiger partial charge in [0.2, 0.25) is 0 Å². The van der Waals surface area contributed by atoms with E-state index in [-0.39, 0.29) is 18.1 Å². The molecule has 1 aliphatic heterocycles. The lowest BCUT2D eigenvalue weighted by molar-refractivity contribution is -0.137. The van der Waals surface area contributed by atoms with Crippen molar-refractivity contribution in [3.63, 3.8) is 0 Å². The normalized spacial score (nSPS) is 18.3. The van der Waals surface area contributed by atoms with Gasteiger partial charge in [-0.05, 0) is 24.6 Å². The minimum absolute atomic E-state index is 0.126. The Morgan fingerprint density at radius 2 is 1.93 bits per heavy atom. The fourth-order valence-corrected chi connectivity index (χ4v) is 3.94. The van der Waals surface area contributed by atoms with Crippen LogP contribution in [-0.2, 0) is 22.6 Å². The van der Waals surface area contributed by atoms with Gasteiger partial charge in [-0.15, -0.1) is 0 Å². The summed E-state index contributed by atoms with van der Waals surface area (Å²) in [5.41, 5.74) is -0.212. The molecule has 0 aromatic heterocycles. The van der Waals surface area contributed by atoms with E-state index < -0.39 is 21.6 Å². The molecule has 10 heteroatoms. The summed E-state index contributed by atoms with van der Waals surface area (Å²) in [5, 5.41) is 6.18. The summed E-state index contributed by atoms with van der Waals surface area (Å²) in [6.07, 6.45) is -4.37. The van der Waals surface area contributed by atoms with Crippen molar-refractivity contribution in [2.24, 2.45) is 4.99 Å². The Bertz CT molecular complexity index is 737. The molecule has 0 spiro atoms. The van der Waals surface area contributed by atoms with E-state index in [1.165, 1.54) is 6.07 Å². The molecule has 1 saturated heterocycles. The second-order valence-electron chi connectivity index (χ2n) is 6.31. The zero-order valence-electron chi connectivity index (χ0n) is 15.2. The van der Waals surface area contributed by atoms with Gasteiger partial charge in [0, 0.05) is 32.7 Å². The maximum absolute atomic E-state index is 12.8. The van der Waals surface area contributed by atoms with Crippen LogP contribution in [0.4, 0.5) is 13.2 Å². The van der Waals surface area contributed by atoms with E-state index in [2.05, 4.69) is 20.5 Å². The van der Waals surface area contributed by atoms with Crippen LogP contribution in [0.25, 0.3) is 0 Å². The molecule has 0 amide bonds. The number of alkyl halides is 3. The minimum Gasteiger partial charge on any atom is -0.357 e. The molecule has 0 saturated carbocycles. The molecule has 0 unspecified atom stereocenters. The van der Waals surface area contributed by atoms with Crippen LogP contribution < -0.4 is 10.6 Å². The maximum atomic E-state index is 12.8. The molecule has 152 valence electrons. The van der Waals surface area contributed by atoms with E-state index in [9.17, 15) is 21.6 Å². The highest BCUT2D eigenvalue weighted by Crippen LogP contribution is 2.29. The van der Waals surface area contributed by atoms with Gasteiger partial charge >= 0.3 is 6.18 Å². The molecule has 2 N–H and O–H groups in total. The van der Waals surface area contributed by atoms with Crippen molar-refractivity contribution in [2.45, 2.75) is 19.6 Å². The molecule has 1 heterocycles. The molecule has 1 aliphatic rings. The van der Waals surface area contributed by atoms with Gasteiger partial charge < -0.3 is 10.6 Å². The zero-order valence-corrected chi connectivity index (χ0v) is 16.0. The lowest BCUT2D eigenvalue weighted by Crippen LogP contribution is -2.45. The highest BCUT2D eigenvalue weighted by Gasteiger charge is 2.30. The number of benzene rings is 1. The third-order valence-corrected chi connectivity index (χ3v) is 5.78. The third kappa shape index (κ3) is 7.37. The van der Waals surface area contributed by atoms with Gasteiger partial charge in [-0.2, -0.15) is 13.2 Å². The average Bonchev–Trinajstić information content (AvgIpc) is 2.60. The first kappa shape index (κ1) is 21.5. The highest BCUT2D eigenvalue weighted by molar-refractivity contribution is 7.91. The number of nitrogens with zero attached hydrogens (tertiary/aromatic N) is 2. The summed E-state index contributed by atoms with van der Waals surface area (Å²) >= 11 is 0. The Morgan fingerprint density at radius 3 is 2.56 bits per heavy atom.